The maximum Gasteiger partial charge on any atom is 0.281 e. The van der Waals surface area contributed by atoms with Gasteiger partial charge in [0.25, 0.3) is 10.2 Å². The van der Waals surface area contributed by atoms with Gasteiger partial charge in [-0.15, -0.1) is 8.76 Å². The van der Waals surface area contributed by atoms with Gasteiger partial charge >= 0.3 is 0 Å². The van der Waals surface area contributed by atoms with Crippen molar-refractivity contribution < 1.29 is 13.7 Å². The second-order valence-corrected chi connectivity index (χ2v) is 5.49. The molecule has 1 unspecified atom stereocenters. The highest BCUT2D eigenvalue weighted by Gasteiger charge is 2.28. The van der Waals surface area contributed by atoms with E-state index in [9.17, 15) is 19.2 Å². The van der Waals surface area contributed by atoms with E-state index >= 15 is 0 Å². The van der Waals surface area contributed by atoms with E-state index in [-0.39, 0.29) is 23.1 Å². The average Bonchev–Trinajstić information content (AvgIpc) is 2.81. The first kappa shape index (κ1) is 13.2. The molecular weight excluding hydrogens is 300 g/mol. The third-order valence-corrected chi connectivity index (χ3v) is 3.64. The van der Waals surface area contributed by atoms with Crippen molar-refractivity contribution in [2.45, 2.75) is 0 Å². The van der Waals surface area contributed by atoms with Gasteiger partial charge in [-0.25, -0.2) is 0 Å². The van der Waals surface area contributed by atoms with Gasteiger partial charge in [0.15, 0.2) is 11.7 Å². The fourth-order valence-electron chi connectivity index (χ4n) is 1.86. The number of nitrogens with zero attached hydrogens (tertiary/aromatic N) is 3. The Morgan fingerprint density at radius 2 is 1.90 bits per heavy atom. The predicted molar refractivity (Wildman–Crippen MR) is 75.4 cm³/mol. The van der Waals surface area contributed by atoms with Crippen LogP contribution in [0.15, 0.2) is 56.0 Å². The molecule has 0 aromatic carbocycles. The van der Waals surface area contributed by atoms with E-state index in [1.165, 1.54) is 24.3 Å². The summed E-state index contributed by atoms with van der Waals surface area (Å²) in [5.74, 6) is 0.397. The highest BCUT2D eigenvalue weighted by atomic mass is 32.2. The third-order valence-electron chi connectivity index (χ3n) is 2.78. The van der Waals surface area contributed by atoms with Crippen LogP contribution in [0.1, 0.15) is 0 Å². The van der Waals surface area contributed by atoms with E-state index in [2.05, 4.69) is 19.4 Å². The van der Waals surface area contributed by atoms with Crippen LogP contribution in [0.3, 0.4) is 0 Å². The van der Waals surface area contributed by atoms with Gasteiger partial charge in [0.05, 0.1) is 0 Å². The Morgan fingerprint density at radius 3 is 2.52 bits per heavy atom. The maximum atomic E-state index is 11.5. The lowest BCUT2D eigenvalue weighted by Gasteiger charge is -2.10. The molecule has 1 aliphatic carbocycles. The molecule has 21 heavy (non-hydrogen) atoms. The van der Waals surface area contributed by atoms with Crippen molar-refractivity contribution in [2.24, 2.45) is 14.5 Å². The Kier molecular flexibility index (Phi) is 2.74. The molecule has 3 aliphatic rings. The van der Waals surface area contributed by atoms with Gasteiger partial charge in [0.1, 0.15) is 11.5 Å². The molecule has 1 atom stereocenters. The molecule has 11 heteroatoms. The zero-order valence-electron chi connectivity index (χ0n) is 10.3. The smallest absolute Gasteiger partial charge is 0.281 e. The standard InChI is InChI=1S/C10H9N6O4S/c11-8-7-10(15-21(19,20)14-8)13-9(12-7)5-1-3-6(4-2-5)16(17)18/h1-4,12H,(H4-,11,13,14,15,17,18,19,20)/q-1. The molecule has 0 spiro atoms. The van der Waals surface area contributed by atoms with E-state index in [0.29, 0.717) is 11.4 Å². The topological polar surface area (TPSA) is 161 Å². The minimum absolute atomic E-state index is 0.0424. The summed E-state index contributed by atoms with van der Waals surface area (Å²) in [5.41, 5.74) is 6.43. The summed E-state index contributed by atoms with van der Waals surface area (Å²) < 4.78 is 27.7. The van der Waals surface area contributed by atoms with Gasteiger partial charge in [-0.2, -0.15) is 9.11 Å². The van der Waals surface area contributed by atoms with Gasteiger partial charge in [0.2, 0.25) is 5.71 Å². The second-order valence-electron chi connectivity index (χ2n) is 4.19. The van der Waals surface area contributed by atoms with E-state index < -0.39 is 15.1 Å². The van der Waals surface area contributed by atoms with Crippen molar-refractivity contribution in [2.75, 3.05) is 0 Å². The largest absolute Gasteiger partial charge is 0.612 e. The molecule has 0 bridgehead atoms. The summed E-state index contributed by atoms with van der Waals surface area (Å²) in [6.45, 7) is 0. The first-order valence-corrected chi connectivity index (χ1v) is 7.04. The van der Waals surface area contributed by atoms with Crippen LogP contribution in [0.5, 0.6) is 0 Å². The molecule has 10 nitrogen and oxygen atoms in total. The first-order chi connectivity index (χ1) is 9.85. The van der Waals surface area contributed by atoms with Crippen molar-refractivity contribution in [3.63, 3.8) is 0 Å². The molecule has 5 N–H and O–H groups in total. The van der Waals surface area contributed by atoms with Crippen molar-refractivity contribution in [1.82, 2.24) is 10.6 Å². The molecule has 0 radical (unpaired) electrons. The highest BCUT2D eigenvalue weighted by molar-refractivity contribution is 7.87. The number of amidine groups is 1. The molecular formula is C10H9N6O4S-. The number of rotatable bonds is 0. The fraction of sp³-hybridized carbons (Fsp3) is 0. The molecule has 0 aromatic rings. The zero-order valence-corrected chi connectivity index (χ0v) is 11.1. The average molecular weight is 309 g/mol. The van der Waals surface area contributed by atoms with Crippen LogP contribution in [-0.4, -0.2) is 25.2 Å². The minimum atomic E-state index is -3.73. The summed E-state index contributed by atoms with van der Waals surface area (Å²) in [6, 6.07) is 0. The van der Waals surface area contributed by atoms with Crippen molar-refractivity contribution in [1.29, 1.82) is 0 Å². The monoisotopic (exact) mass is 309 g/mol. The van der Waals surface area contributed by atoms with Crippen LogP contribution in [-0.2, 0) is 10.2 Å². The molecule has 2 heterocycles. The summed E-state index contributed by atoms with van der Waals surface area (Å²) in [7, 11) is -3.73. The summed E-state index contributed by atoms with van der Waals surface area (Å²) >= 11 is 0. The number of hydrogen-bond donors (Lipinski definition) is 4. The first-order valence-electron chi connectivity index (χ1n) is 5.61. The SMILES string of the molecule is NC1=NS(=O)(O)=NC2=C1NC(=C1C=CC(=[N+]([O-])[O-])C=C1)N2. The van der Waals surface area contributed by atoms with Crippen LogP contribution < -0.4 is 16.4 Å². The predicted octanol–water partition coefficient (Wildman–Crippen LogP) is -0.638. The molecule has 110 valence electrons. The molecule has 0 aromatic heterocycles. The summed E-state index contributed by atoms with van der Waals surface area (Å²) in [4.78, 5) is -0.506. The molecule has 0 saturated carbocycles. The van der Waals surface area contributed by atoms with Gasteiger partial charge in [0, 0.05) is 17.7 Å². The van der Waals surface area contributed by atoms with Crippen molar-refractivity contribution >= 4 is 21.7 Å². The lowest BCUT2D eigenvalue weighted by molar-refractivity contribution is -0.377. The molecule has 0 saturated heterocycles. The minimum Gasteiger partial charge on any atom is -0.612 e. The molecule has 0 amide bonds. The Bertz CT molecular complexity index is 816. The van der Waals surface area contributed by atoms with Crippen molar-refractivity contribution in [3.8, 4) is 0 Å². The number of allylic oxidation sites excluding steroid dienone is 5. The van der Waals surface area contributed by atoms with Gasteiger partial charge in [-0.1, -0.05) is 0 Å². The Hall–Kier alpha value is -2.79. The van der Waals surface area contributed by atoms with E-state index in [4.69, 9.17) is 5.73 Å². The Labute approximate surface area is 119 Å². The molecule has 3 rings (SSSR count). The maximum absolute atomic E-state index is 11.5. The van der Waals surface area contributed by atoms with E-state index in [1.807, 2.05) is 0 Å². The Morgan fingerprint density at radius 1 is 1.24 bits per heavy atom. The number of nitrogens with one attached hydrogen (secondary N) is 2. The lowest BCUT2D eigenvalue weighted by atomic mass is 10.1. The molecule has 0 fully saturated rings. The zero-order chi connectivity index (χ0) is 15.2. The summed E-state index contributed by atoms with van der Waals surface area (Å²) in [6.07, 6.45) is 5.73. The van der Waals surface area contributed by atoms with Gasteiger partial charge in [-0.05, 0) is 12.2 Å². The van der Waals surface area contributed by atoms with Crippen LogP contribution in [0.4, 0.5) is 0 Å². The number of hydrogen-bond acceptors (Lipinski definition) is 7. The Balaban J connectivity index is 1.94. The van der Waals surface area contributed by atoms with E-state index in [0.717, 1.165) is 0 Å². The quantitative estimate of drug-likeness (QED) is 0.342. The fourth-order valence-corrected chi connectivity index (χ4v) is 2.62. The second kappa shape index (κ2) is 4.36. The van der Waals surface area contributed by atoms with Crippen LogP contribution >= 0.6 is 0 Å². The normalized spacial score (nSPS) is 26.9. The summed E-state index contributed by atoms with van der Waals surface area (Å²) in [5, 5.41) is 26.9. The lowest BCUT2D eigenvalue weighted by Crippen LogP contribution is -2.26. The number of nitrogens with two attached hydrogens (primary N) is 1. The van der Waals surface area contributed by atoms with Crippen molar-refractivity contribution in [3.05, 3.63) is 57.6 Å². The highest BCUT2D eigenvalue weighted by Crippen LogP contribution is 2.22. The van der Waals surface area contributed by atoms with Gasteiger partial charge in [-0.3, -0.25) is 4.55 Å². The van der Waals surface area contributed by atoms with Crippen LogP contribution in [0, 0.1) is 10.4 Å². The van der Waals surface area contributed by atoms with Crippen LogP contribution in [0.25, 0.3) is 0 Å². The van der Waals surface area contributed by atoms with Gasteiger partial charge < -0.3 is 26.8 Å². The van der Waals surface area contributed by atoms with E-state index in [1.54, 1.807) is 0 Å². The molecule has 2 aliphatic heterocycles. The third kappa shape index (κ3) is 2.34. The van der Waals surface area contributed by atoms with Crippen LogP contribution in [0.2, 0.25) is 0 Å².